The molecule has 0 radical (unpaired) electrons. The zero-order valence-electron chi connectivity index (χ0n) is 12.2. The molecule has 0 saturated carbocycles. The Morgan fingerprint density at radius 3 is 2.25 bits per heavy atom. The highest BCUT2D eigenvalue weighted by atomic mass is 31.2. The lowest BCUT2D eigenvalue weighted by Crippen LogP contribution is -2.04. The largest absolute Gasteiger partial charge is 0.337 e. The van der Waals surface area contributed by atoms with Gasteiger partial charge in [0, 0.05) is 0 Å². The molecule has 1 unspecified atom stereocenters. The number of fused-ring (bicyclic) bond motifs is 1. The summed E-state index contributed by atoms with van der Waals surface area (Å²) in [5.41, 5.74) is 0.724. The number of benzene rings is 2. The number of rotatable bonds is 6. The van der Waals surface area contributed by atoms with Gasteiger partial charge >= 0.3 is 7.60 Å². The highest BCUT2D eigenvalue weighted by Gasteiger charge is 2.33. The van der Waals surface area contributed by atoms with Gasteiger partial charge in [0.2, 0.25) is 0 Å². The van der Waals surface area contributed by atoms with E-state index in [1.54, 1.807) is 0 Å². The molecule has 3 nitrogen and oxygen atoms in total. The number of hydrogen-bond acceptors (Lipinski definition) is 3. The fourth-order valence-corrected chi connectivity index (χ4v) is 4.21. The molecule has 108 valence electrons. The molecule has 0 N–H and O–H groups in total. The summed E-state index contributed by atoms with van der Waals surface area (Å²) in [4.78, 5) is 0. The molecule has 1 atom stereocenters. The normalized spacial score (nSPS) is 13.6. The second-order valence-electron chi connectivity index (χ2n) is 4.62. The van der Waals surface area contributed by atoms with Crippen molar-refractivity contribution in [2.45, 2.75) is 26.4 Å². The van der Waals surface area contributed by atoms with E-state index < -0.39 is 7.60 Å². The smallest absolute Gasteiger partial charge is 0.308 e. The molecule has 20 heavy (non-hydrogen) atoms. The second kappa shape index (κ2) is 6.53. The molecule has 0 bridgehead atoms. The maximum Gasteiger partial charge on any atom is 0.337 e. The minimum atomic E-state index is -3.14. The summed E-state index contributed by atoms with van der Waals surface area (Å²) >= 11 is 0. The highest BCUT2D eigenvalue weighted by Crippen LogP contribution is 2.61. The summed E-state index contributed by atoms with van der Waals surface area (Å²) in [6.45, 7) is 6.34. The third-order valence-electron chi connectivity index (χ3n) is 3.37. The van der Waals surface area contributed by atoms with Crippen LogP contribution in [0.5, 0.6) is 0 Å². The molecule has 0 fully saturated rings. The van der Waals surface area contributed by atoms with Crippen molar-refractivity contribution in [1.29, 1.82) is 0 Å². The van der Waals surface area contributed by atoms with Crippen molar-refractivity contribution < 1.29 is 13.6 Å². The molecule has 2 aromatic carbocycles. The summed E-state index contributed by atoms with van der Waals surface area (Å²) in [7, 11) is -3.14. The fraction of sp³-hybridized carbons (Fsp3) is 0.375. The maximum absolute atomic E-state index is 12.9. The van der Waals surface area contributed by atoms with Crippen molar-refractivity contribution >= 4 is 18.4 Å². The van der Waals surface area contributed by atoms with Crippen LogP contribution in [0.3, 0.4) is 0 Å². The highest BCUT2D eigenvalue weighted by molar-refractivity contribution is 7.54. The molecule has 0 aliphatic carbocycles. The van der Waals surface area contributed by atoms with Crippen molar-refractivity contribution in [3.63, 3.8) is 0 Å². The minimum Gasteiger partial charge on any atom is -0.308 e. The van der Waals surface area contributed by atoms with E-state index in [-0.39, 0.29) is 5.66 Å². The van der Waals surface area contributed by atoms with Crippen LogP contribution in [0.25, 0.3) is 10.8 Å². The minimum absolute atomic E-state index is 0.284. The SMILES string of the molecule is CCOP(=O)(OCC)C(C)c1cccc2ccccc12. The molecule has 0 amide bonds. The predicted octanol–water partition coefficient (Wildman–Crippen LogP) is 5.17. The van der Waals surface area contributed by atoms with Gasteiger partial charge in [-0.3, -0.25) is 4.57 Å². The Bertz CT molecular complexity index is 609. The third kappa shape index (κ3) is 2.95. The summed E-state index contributed by atoms with van der Waals surface area (Å²) in [5.74, 6) is 0. The summed E-state index contributed by atoms with van der Waals surface area (Å²) in [5, 5.41) is 2.23. The molecule has 2 aromatic rings. The van der Waals surface area contributed by atoms with E-state index in [0.29, 0.717) is 13.2 Å². The zero-order chi connectivity index (χ0) is 14.6. The first-order valence-corrected chi connectivity index (χ1v) is 8.60. The van der Waals surface area contributed by atoms with Crippen LogP contribution in [-0.4, -0.2) is 13.2 Å². The summed E-state index contributed by atoms with van der Waals surface area (Å²) in [6, 6.07) is 14.1. The maximum atomic E-state index is 12.9. The molecule has 2 rings (SSSR count). The Balaban J connectivity index is 2.49. The topological polar surface area (TPSA) is 35.5 Å². The van der Waals surface area contributed by atoms with Crippen LogP contribution in [0, 0.1) is 0 Å². The van der Waals surface area contributed by atoms with Gasteiger partial charge in [-0.1, -0.05) is 42.5 Å². The van der Waals surface area contributed by atoms with Crippen LogP contribution in [0.1, 0.15) is 32.0 Å². The summed E-state index contributed by atoms with van der Waals surface area (Å²) in [6.07, 6.45) is 0. The standard InChI is InChI=1S/C16H21O3P/c1-4-18-20(17,19-5-2)13(3)15-12-8-10-14-9-6-7-11-16(14)15/h6-13H,4-5H2,1-3H3. The van der Waals surface area contributed by atoms with E-state index in [9.17, 15) is 4.57 Å². The van der Waals surface area contributed by atoms with Gasteiger partial charge in [0.05, 0.1) is 18.9 Å². The average Bonchev–Trinajstić information content (AvgIpc) is 2.46. The molecule has 4 heteroatoms. The lowest BCUT2D eigenvalue weighted by molar-refractivity contribution is 0.213. The molecule has 0 aliphatic rings. The molecular weight excluding hydrogens is 271 g/mol. The van der Waals surface area contributed by atoms with Gasteiger partial charge in [-0.05, 0) is 37.1 Å². The van der Waals surface area contributed by atoms with Gasteiger partial charge in [-0.25, -0.2) is 0 Å². The lowest BCUT2D eigenvalue weighted by Gasteiger charge is -2.24. The Labute approximate surface area is 120 Å². The molecule has 0 aromatic heterocycles. The second-order valence-corrected chi connectivity index (χ2v) is 6.99. The van der Waals surface area contributed by atoms with Gasteiger partial charge in [0.15, 0.2) is 0 Å². The van der Waals surface area contributed by atoms with E-state index in [1.165, 1.54) is 0 Å². The Morgan fingerprint density at radius 1 is 1.00 bits per heavy atom. The van der Waals surface area contributed by atoms with E-state index in [0.717, 1.165) is 16.3 Å². The van der Waals surface area contributed by atoms with Crippen LogP contribution in [-0.2, 0) is 13.6 Å². The fourth-order valence-electron chi connectivity index (χ4n) is 2.41. The monoisotopic (exact) mass is 292 g/mol. The van der Waals surface area contributed by atoms with Crippen molar-refractivity contribution in [3.05, 3.63) is 48.0 Å². The van der Waals surface area contributed by atoms with Gasteiger partial charge in [-0.15, -0.1) is 0 Å². The van der Waals surface area contributed by atoms with E-state index >= 15 is 0 Å². The van der Waals surface area contributed by atoms with Crippen LogP contribution in [0.4, 0.5) is 0 Å². The number of hydrogen-bond donors (Lipinski definition) is 0. The molecule has 0 spiro atoms. The van der Waals surface area contributed by atoms with Crippen LogP contribution < -0.4 is 0 Å². The van der Waals surface area contributed by atoms with Crippen LogP contribution in [0.2, 0.25) is 0 Å². The molecule has 0 saturated heterocycles. The van der Waals surface area contributed by atoms with E-state index in [2.05, 4.69) is 12.1 Å². The molecular formula is C16H21O3P. The first-order valence-electron chi connectivity index (χ1n) is 6.98. The van der Waals surface area contributed by atoms with Crippen LogP contribution in [0.15, 0.2) is 42.5 Å². The van der Waals surface area contributed by atoms with Crippen LogP contribution >= 0.6 is 7.60 Å². The Hall–Kier alpha value is -1.15. The van der Waals surface area contributed by atoms with Gasteiger partial charge in [0.25, 0.3) is 0 Å². The van der Waals surface area contributed by atoms with Gasteiger partial charge < -0.3 is 9.05 Å². The third-order valence-corrected chi connectivity index (χ3v) is 5.83. The zero-order valence-corrected chi connectivity index (χ0v) is 13.1. The summed E-state index contributed by atoms with van der Waals surface area (Å²) < 4.78 is 23.8. The quantitative estimate of drug-likeness (QED) is 0.689. The van der Waals surface area contributed by atoms with E-state index in [4.69, 9.17) is 9.05 Å². The molecule has 0 heterocycles. The Morgan fingerprint density at radius 2 is 1.60 bits per heavy atom. The van der Waals surface area contributed by atoms with Gasteiger partial charge in [0.1, 0.15) is 0 Å². The van der Waals surface area contributed by atoms with Crippen molar-refractivity contribution in [3.8, 4) is 0 Å². The van der Waals surface area contributed by atoms with Crippen molar-refractivity contribution in [2.24, 2.45) is 0 Å². The predicted molar refractivity (Wildman–Crippen MR) is 83.2 cm³/mol. The Kier molecular flexibility index (Phi) is 4.98. The lowest BCUT2D eigenvalue weighted by atomic mass is 10.0. The average molecular weight is 292 g/mol. The van der Waals surface area contributed by atoms with Gasteiger partial charge in [-0.2, -0.15) is 0 Å². The van der Waals surface area contributed by atoms with Crippen molar-refractivity contribution in [2.75, 3.05) is 13.2 Å². The molecule has 0 aliphatic heterocycles. The first-order chi connectivity index (χ1) is 9.62. The van der Waals surface area contributed by atoms with E-state index in [1.807, 2.05) is 51.1 Å². The van der Waals surface area contributed by atoms with Crippen molar-refractivity contribution in [1.82, 2.24) is 0 Å². The first kappa shape index (κ1) is 15.2.